The first-order valence-corrected chi connectivity index (χ1v) is 15.9. The number of hydrogen-bond donors (Lipinski definition) is 0. The molecule has 7 heteroatoms. The van der Waals surface area contributed by atoms with E-state index in [9.17, 15) is 4.79 Å². The van der Waals surface area contributed by atoms with Crippen LogP contribution in [0.5, 0.6) is 0 Å². The Kier molecular flexibility index (Phi) is 8.58. The molecule has 3 aromatic carbocycles. The third kappa shape index (κ3) is 5.94. The Balaban J connectivity index is 1.50. The summed E-state index contributed by atoms with van der Waals surface area (Å²) in [5.74, 6) is -0.408. The summed E-state index contributed by atoms with van der Waals surface area (Å²) < 4.78 is 28.1. The molecule has 2 heterocycles. The fourth-order valence-corrected chi connectivity index (χ4v) is 6.40. The fourth-order valence-electron chi connectivity index (χ4n) is 5.79. The molecule has 1 aromatic heterocycles. The second kappa shape index (κ2) is 12.7. The van der Waals surface area contributed by atoms with E-state index in [0.29, 0.717) is 24.5 Å². The maximum absolute atomic E-state index is 15.4. The number of esters is 1. The zero-order valence-electron chi connectivity index (χ0n) is 24.0. The van der Waals surface area contributed by atoms with E-state index in [4.69, 9.17) is 9.47 Å². The van der Waals surface area contributed by atoms with Gasteiger partial charge in [-0.2, -0.15) is 4.39 Å². The Morgan fingerprint density at radius 3 is 2.57 bits per heavy atom. The maximum Gasteiger partial charge on any atom is 0.330 e. The number of halogens is 1. The number of carbonyl (C=O) groups excluding carboxylic acids is 1. The highest BCUT2D eigenvalue weighted by molar-refractivity contribution is 7.98. The average Bonchev–Trinajstić information content (AvgIpc) is 3.82. The van der Waals surface area contributed by atoms with Gasteiger partial charge in [0, 0.05) is 17.6 Å². The third-order valence-electron chi connectivity index (χ3n) is 7.93. The average molecular weight is 583 g/mol. The zero-order valence-corrected chi connectivity index (χ0v) is 24.8. The Bertz CT molecular complexity index is 1650. The van der Waals surface area contributed by atoms with E-state index < -0.39 is 5.95 Å². The smallest absolute Gasteiger partial charge is 0.330 e. The molecule has 0 spiro atoms. The van der Waals surface area contributed by atoms with E-state index in [2.05, 4.69) is 53.8 Å². The summed E-state index contributed by atoms with van der Waals surface area (Å²) in [5, 5.41) is 4.79. The zero-order chi connectivity index (χ0) is 29.1. The van der Waals surface area contributed by atoms with Crippen LogP contribution in [0.15, 0.2) is 77.7 Å². The monoisotopic (exact) mass is 582 g/mol. The van der Waals surface area contributed by atoms with E-state index >= 15 is 4.39 Å². The van der Waals surface area contributed by atoms with Crippen LogP contribution in [0.1, 0.15) is 67.5 Å². The minimum Gasteiger partial charge on any atom is -0.463 e. The van der Waals surface area contributed by atoms with Crippen LogP contribution in [0, 0.1) is 11.9 Å². The Labute approximate surface area is 250 Å². The minimum absolute atomic E-state index is 0.239. The van der Waals surface area contributed by atoms with Gasteiger partial charge in [0.2, 0.25) is 5.95 Å². The lowest BCUT2D eigenvalue weighted by atomic mass is 9.86. The number of nitrogens with zero attached hydrogens (tertiary/aromatic N) is 2. The van der Waals surface area contributed by atoms with Crippen LogP contribution in [0.25, 0.3) is 28.1 Å². The number of benzene rings is 3. The second-order valence-corrected chi connectivity index (χ2v) is 11.6. The molecule has 1 saturated heterocycles. The van der Waals surface area contributed by atoms with Gasteiger partial charge in [0.1, 0.15) is 0 Å². The second-order valence-electron chi connectivity index (χ2n) is 10.8. The number of aromatic nitrogens is 2. The Hall–Kier alpha value is -3.68. The lowest BCUT2D eigenvalue weighted by Crippen LogP contribution is -2.19. The number of ether oxygens (including phenoxy) is 2. The Morgan fingerprint density at radius 2 is 1.86 bits per heavy atom. The summed E-state index contributed by atoms with van der Waals surface area (Å²) in [6, 6.07) is 22.8. The van der Waals surface area contributed by atoms with Crippen molar-refractivity contribution in [3.63, 3.8) is 0 Å². The summed E-state index contributed by atoms with van der Waals surface area (Å²) in [4.78, 5) is 13.1. The van der Waals surface area contributed by atoms with Gasteiger partial charge in [-0.1, -0.05) is 48.5 Å². The van der Waals surface area contributed by atoms with E-state index in [1.54, 1.807) is 29.4 Å². The van der Waals surface area contributed by atoms with Crippen LogP contribution >= 0.6 is 11.8 Å². The van der Waals surface area contributed by atoms with Gasteiger partial charge < -0.3 is 9.47 Å². The molecule has 0 bridgehead atoms. The molecule has 2 fully saturated rings. The molecule has 1 aliphatic heterocycles. The minimum atomic E-state index is -0.475. The number of allylic oxidation sites excluding steroid dienone is 1. The van der Waals surface area contributed by atoms with Gasteiger partial charge in [0.25, 0.3) is 0 Å². The topological polar surface area (TPSA) is 53.3 Å². The lowest BCUT2D eigenvalue weighted by molar-refractivity contribution is -0.137. The molecule has 4 aromatic rings. The first-order chi connectivity index (χ1) is 20.6. The molecule has 1 saturated carbocycles. The molecular weight excluding hydrogens is 547 g/mol. The SMILES string of the molecule is CCOC(=O)/C=C/c1ccc(/C(=C(\c2ccccc2SC)C2CC2)c2ccc3c(c2)c(F)nn3C2CCCCO2)cc1. The molecule has 1 aliphatic carbocycles. The van der Waals surface area contributed by atoms with Crippen LogP contribution in [0.3, 0.4) is 0 Å². The molecule has 1 atom stereocenters. The normalized spacial score (nSPS) is 17.9. The van der Waals surface area contributed by atoms with Crippen molar-refractivity contribution in [2.75, 3.05) is 19.5 Å². The summed E-state index contributed by atoms with van der Waals surface area (Å²) >= 11 is 1.74. The Morgan fingerprint density at radius 1 is 1.07 bits per heavy atom. The summed E-state index contributed by atoms with van der Waals surface area (Å²) in [6.07, 6.45) is 10.2. The van der Waals surface area contributed by atoms with Crippen molar-refractivity contribution in [1.29, 1.82) is 0 Å². The number of hydrogen-bond acceptors (Lipinski definition) is 5. The van der Waals surface area contributed by atoms with Crippen LogP contribution in [-0.4, -0.2) is 35.2 Å². The summed E-state index contributed by atoms with van der Waals surface area (Å²) in [7, 11) is 0. The van der Waals surface area contributed by atoms with E-state index in [-0.39, 0.29) is 12.2 Å². The highest BCUT2D eigenvalue weighted by Crippen LogP contribution is 2.49. The standard InChI is InChI=1S/C35H35FN2O3S/c1-3-40-32(39)20-13-23-11-14-24(15-12-23)33(34(25-16-17-25)27-8-4-5-9-30(27)42-2)26-18-19-29-28(22-26)35(36)37-38(29)31-10-6-7-21-41-31/h4-5,8-9,11-15,18-20,22,25,31H,3,6-7,10,16-17,21H2,1-2H3/b20-13+,34-33+. The van der Waals surface area contributed by atoms with Crippen molar-refractivity contribution >= 4 is 45.9 Å². The molecule has 6 rings (SSSR count). The fraction of sp³-hybridized carbons (Fsp3) is 0.314. The van der Waals surface area contributed by atoms with Gasteiger partial charge in [-0.25, -0.2) is 9.48 Å². The first kappa shape index (κ1) is 28.4. The van der Waals surface area contributed by atoms with Crippen molar-refractivity contribution in [3.05, 3.63) is 101 Å². The summed E-state index contributed by atoms with van der Waals surface area (Å²) in [5.41, 5.74) is 7.27. The van der Waals surface area contributed by atoms with Crippen molar-refractivity contribution in [1.82, 2.24) is 9.78 Å². The molecule has 1 unspecified atom stereocenters. The van der Waals surface area contributed by atoms with Crippen molar-refractivity contribution < 1.29 is 18.7 Å². The quantitative estimate of drug-likeness (QED) is 0.0857. The van der Waals surface area contributed by atoms with E-state index in [1.165, 1.54) is 22.1 Å². The van der Waals surface area contributed by atoms with Crippen molar-refractivity contribution in [2.45, 2.75) is 50.2 Å². The van der Waals surface area contributed by atoms with E-state index in [1.807, 2.05) is 24.3 Å². The largest absolute Gasteiger partial charge is 0.463 e. The lowest BCUT2D eigenvalue weighted by Gasteiger charge is -2.23. The molecule has 0 radical (unpaired) electrons. The van der Waals surface area contributed by atoms with Gasteiger partial charge in [0.05, 0.1) is 17.5 Å². The van der Waals surface area contributed by atoms with Gasteiger partial charge >= 0.3 is 5.97 Å². The molecule has 2 aliphatic rings. The van der Waals surface area contributed by atoms with Crippen molar-refractivity contribution in [2.24, 2.45) is 5.92 Å². The van der Waals surface area contributed by atoms with Crippen LogP contribution in [-0.2, 0) is 14.3 Å². The molecule has 42 heavy (non-hydrogen) atoms. The van der Waals surface area contributed by atoms with Gasteiger partial charge in [-0.05, 0) is 109 Å². The third-order valence-corrected chi connectivity index (χ3v) is 8.72. The highest BCUT2D eigenvalue weighted by Gasteiger charge is 2.32. The maximum atomic E-state index is 15.4. The molecular formula is C35H35FN2O3S. The molecule has 0 N–H and O–H groups in total. The first-order valence-electron chi connectivity index (χ1n) is 14.7. The number of rotatable bonds is 9. The predicted octanol–water partition coefficient (Wildman–Crippen LogP) is 8.54. The van der Waals surface area contributed by atoms with Crippen LogP contribution in [0.4, 0.5) is 4.39 Å². The van der Waals surface area contributed by atoms with Crippen LogP contribution in [0.2, 0.25) is 0 Å². The molecule has 0 amide bonds. The number of carbonyl (C=O) groups is 1. The highest BCUT2D eigenvalue weighted by atomic mass is 32.2. The van der Waals surface area contributed by atoms with Gasteiger partial charge in [-0.3, -0.25) is 0 Å². The molecule has 216 valence electrons. The number of fused-ring (bicyclic) bond motifs is 1. The molecule has 5 nitrogen and oxygen atoms in total. The predicted molar refractivity (Wildman–Crippen MR) is 168 cm³/mol. The number of thioether (sulfide) groups is 1. The van der Waals surface area contributed by atoms with Gasteiger partial charge in [0.15, 0.2) is 6.23 Å². The van der Waals surface area contributed by atoms with Crippen molar-refractivity contribution in [3.8, 4) is 0 Å². The van der Waals surface area contributed by atoms with E-state index in [0.717, 1.165) is 59.9 Å². The van der Waals surface area contributed by atoms with Gasteiger partial charge in [-0.15, -0.1) is 16.9 Å². The van der Waals surface area contributed by atoms with Crippen LogP contribution < -0.4 is 0 Å². The summed E-state index contributed by atoms with van der Waals surface area (Å²) in [6.45, 7) is 2.80.